The third kappa shape index (κ3) is 7.90. The van der Waals surface area contributed by atoms with E-state index in [4.69, 9.17) is 4.74 Å². The van der Waals surface area contributed by atoms with E-state index in [1.807, 2.05) is 25.1 Å². The zero-order valence-corrected chi connectivity index (χ0v) is 28.4. The first kappa shape index (κ1) is 34.3. The maximum absolute atomic E-state index is 14.9. The van der Waals surface area contributed by atoms with Gasteiger partial charge < -0.3 is 24.8 Å². The number of fused-ring (bicyclic) bond motifs is 1. The van der Waals surface area contributed by atoms with Crippen LogP contribution in [0.2, 0.25) is 0 Å². The number of methoxy groups -OCH3 is 1. The van der Waals surface area contributed by atoms with Crippen molar-refractivity contribution in [3.05, 3.63) is 71.7 Å². The van der Waals surface area contributed by atoms with Crippen molar-refractivity contribution >= 4 is 23.1 Å². The number of ether oxygens (including phenoxy) is 1. The molecular weight excluding hydrogens is 600 g/mol. The van der Waals surface area contributed by atoms with Crippen LogP contribution >= 0.6 is 0 Å². The van der Waals surface area contributed by atoms with Crippen LogP contribution in [0.15, 0.2) is 48.9 Å². The van der Waals surface area contributed by atoms with Crippen molar-refractivity contribution in [2.24, 2.45) is 11.8 Å². The van der Waals surface area contributed by atoms with Gasteiger partial charge in [-0.3, -0.25) is 9.20 Å². The molecular formula is C36H48F2N7O2+. The fourth-order valence-electron chi connectivity index (χ4n) is 6.70. The number of imidazole rings is 1. The Morgan fingerprint density at radius 2 is 1.91 bits per heavy atom. The molecule has 2 aromatic heterocycles. The van der Waals surface area contributed by atoms with E-state index >= 15 is 0 Å². The summed E-state index contributed by atoms with van der Waals surface area (Å²) in [7, 11) is 7.94. The van der Waals surface area contributed by atoms with Crippen LogP contribution in [0.5, 0.6) is 5.75 Å². The normalized spacial score (nSPS) is 18.8. The molecule has 1 aliphatic heterocycles. The summed E-state index contributed by atoms with van der Waals surface area (Å²) in [5, 5.41) is 6.51. The lowest BCUT2D eigenvalue weighted by Gasteiger charge is -2.42. The van der Waals surface area contributed by atoms with Gasteiger partial charge in [0.2, 0.25) is 5.82 Å². The second-order valence-electron chi connectivity index (χ2n) is 13.5. The fourth-order valence-corrected chi connectivity index (χ4v) is 6.70. The lowest BCUT2D eigenvalue weighted by atomic mass is 9.93. The highest BCUT2D eigenvalue weighted by Gasteiger charge is 2.31. The second kappa shape index (κ2) is 14.8. The number of aryl methyl sites for hydroxylation is 1. The number of nitrogens with one attached hydrogen (secondary N) is 2. The first-order valence-electron chi connectivity index (χ1n) is 16.5. The van der Waals surface area contributed by atoms with Gasteiger partial charge in [-0.15, -0.1) is 0 Å². The Bertz CT molecular complexity index is 1700. The highest BCUT2D eigenvalue weighted by Crippen LogP contribution is 2.32. The molecule has 1 saturated heterocycles. The molecule has 1 fully saturated rings. The Morgan fingerprint density at radius 1 is 1.15 bits per heavy atom. The highest BCUT2D eigenvalue weighted by atomic mass is 19.2. The first-order valence-corrected chi connectivity index (χ1v) is 16.5. The number of hydrogen-bond donors (Lipinski definition) is 2. The number of hydrogen-bond acceptors (Lipinski definition) is 6. The molecule has 1 amide bonds. The summed E-state index contributed by atoms with van der Waals surface area (Å²) in [5.74, 6) is -0.661. The van der Waals surface area contributed by atoms with Gasteiger partial charge in [-0.1, -0.05) is 13.8 Å². The molecule has 9 nitrogen and oxygen atoms in total. The molecule has 0 aliphatic carbocycles. The van der Waals surface area contributed by atoms with Crippen molar-refractivity contribution in [3.63, 3.8) is 0 Å². The molecule has 4 aromatic rings. The van der Waals surface area contributed by atoms with Crippen molar-refractivity contribution in [3.8, 4) is 17.0 Å². The SMILES string of the molecule is CCc1cc(Nc2nccn3c(-c4ccc(OC)c(F)c4F)cnc23)ccc1C(=O)NCC1CC[N+](C)(CC(C)CCN(C)C)CC1. The van der Waals surface area contributed by atoms with Crippen molar-refractivity contribution in [1.82, 2.24) is 24.6 Å². The maximum Gasteiger partial charge on any atom is 0.251 e. The van der Waals surface area contributed by atoms with E-state index in [0.717, 1.165) is 48.2 Å². The zero-order valence-electron chi connectivity index (χ0n) is 28.4. The minimum Gasteiger partial charge on any atom is -0.494 e. The summed E-state index contributed by atoms with van der Waals surface area (Å²) < 4.78 is 37.0. The number of amides is 1. The monoisotopic (exact) mass is 648 g/mol. The van der Waals surface area contributed by atoms with E-state index in [1.165, 1.54) is 38.4 Å². The standard InChI is InChI=1S/C36H47F2N7O2/c1-7-26-20-27(42-34-35-40-22-30(44(35)17-15-39-34)29-10-11-31(47-6)33(38)32(29)37)8-9-28(26)36(46)41-21-25-13-18-45(5,19-14-25)23-24(2)12-16-43(3)4/h8-11,15,17,20,22,24-25H,7,12-14,16,18-19,21,23H2,1-6H3,(H-,39,41,42,46)/p+1. The predicted molar refractivity (Wildman–Crippen MR) is 182 cm³/mol. The van der Waals surface area contributed by atoms with Crippen LogP contribution in [0.4, 0.5) is 20.3 Å². The van der Waals surface area contributed by atoms with Gasteiger partial charge in [0.1, 0.15) is 0 Å². The molecule has 3 heterocycles. The molecule has 1 aliphatic rings. The van der Waals surface area contributed by atoms with Crippen molar-refractivity contribution in [1.29, 1.82) is 0 Å². The number of carbonyl (C=O) groups excluding carboxylic acids is 1. The molecule has 0 spiro atoms. The molecule has 0 radical (unpaired) electrons. The number of anilines is 2. The fraction of sp³-hybridized carbons (Fsp3) is 0.472. The topological polar surface area (TPSA) is 83.8 Å². The van der Waals surface area contributed by atoms with Crippen LogP contribution in [-0.2, 0) is 6.42 Å². The summed E-state index contributed by atoms with van der Waals surface area (Å²) in [5.41, 5.74) is 3.21. The van der Waals surface area contributed by atoms with E-state index in [0.29, 0.717) is 47.5 Å². The molecule has 2 N–H and O–H groups in total. The van der Waals surface area contributed by atoms with Crippen LogP contribution in [0.3, 0.4) is 0 Å². The van der Waals surface area contributed by atoms with E-state index in [9.17, 15) is 13.6 Å². The van der Waals surface area contributed by atoms with Gasteiger partial charge in [0, 0.05) is 54.5 Å². The summed E-state index contributed by atoms with van der Waals surface area (Å²) in [6.45, 7) is 9.71. The van der Waals surface area contributed by atoms with Crippen molar-refractivity contribution < 1.29 is 22.8 Å². The van der Waals surface area contributed by atoms with E-state index in [1.54, 1.807) is 16.8 Å². The quantitative estimate of drug-likeness (QED) is 0.169. The molecule has 47 heavy (non-hydrogen) atoms. The first-order chi connectivity index (χ1) is 22.5. The second-order valence-corrected chi connectivity index (χ2v) is 13.5. The Morgan fingerprint density at radius 3 is 2.62 bits per heavy atom. The van der Waals surface area contributed by atoms with Crippen LogP contribution in [-0.4, -0.2) is 90.6 Å². The van der Waals surface area contributed by atoms with Crippen LogP contribution in [0, 0.1) is 23.5 Å². The van der Waals surface area contributed by atoms with Gasteiger partial charge in [0.25, 0.3) is 5.91 Å². The van der Waals surface area contributed by atoms with Gasteiger partial charge in [0.15, 0.2) is 23.0 Å². The third-order valence-corrected chi connectivity index (χ3v) is 9.49. The Hall–Kier alpha value is -4.09. The Kier molecular flexibility index (Phi) is 10.8. The Balaban J connectivity index is 1.22. The van der Waals surface area contributed by atoms with Crippen LogP contribution in [0.25, 0.3) is 16.9 Å². The van der Waals surface area contributed by atoms with Gasteiger partial charge in [-0.25, -0.2) is 14.4 Å². The van der Waals surface area contributed by atoms with Crippen LogP contribution in [0.1, 0.15) is 49.0 Å². The van der Waals surface area contributed by atoms with E-state index < -0.39 is 11.6 Å². The van der Waals surface area contributed by atoms with Gasteiger partial charge in [0.05, 0.1) is 45.7 Å². The number of quaternary nitrogens is 1. The molecule has 2 aromatic carbocycles. The minimum atomic E-state index is -1.05. The maximum atomic E-state index is 14.9. The predicted octanol–water partition coefficient (Wildman–Crippen LogP) is 6.16. The van der Waals surface area contributed by atoms with Gasteiger partial charge in [-0.2, -0.15) is 4.39 Å². The largest absolute Gasteiger partial charge is 0.494 e. The number of carbonyl (C=O) groups is 1. The lowest BCUT2D eigenvalue weighted by molar-refractivity contribution is -0.918. The zero-order chi connectivity index (χ0) is 33.7. The molecule has 1 unspecified atom stereocenters. The average molecular weight is 649 g/mol. The number of aromatic nitrogens is 3. The Labute approximate surface area is 276 Å². The summed E-state index contributed by atoms with van der Waals surface area (Å²) in [4.78, 5) is 24.5. The summed E-state index contributed by atoms with van der Waals surface area (Å²) >= 11 is 0. The van der Waals surface area contributed by atoms with Crippen LogP contribution < -0.4 is 15.4 Å². The number of halogens is 2. The molecule has 0 bridgehead atoms. The molecule has 1 atom stereocenters. The molecule has 252 valence electrons. The van der Waals surface area contributed by atoms with Gasteiger partial charge >= 0.3 is 0 Å². The number of piperidine rings is 1. The number of likely N-dealkylation sites (tertiary alicyclic amines) is 1. The smallest absolute Gasteiger partial charge is 0.251 e. The molecule has 0 saturated carbocycles. The summed E-state index contributed by atoms with van der Waals surface area (Å²) in [6, 6.07) is 8.49. The van der Waals surface area contributed by atoms with Crippen molar-refractivity contribution in [2.75, 3.05) is 66.3 Å². The average Bonchev–Trinajstić information content (AvgIpc) is 3.49. The molecule has 5 rings (SSSR count). The van der Waals surface area contributed by atoms with E-state index in [2.05, 4.69) is 53.6 Å². The number of nitrogens with zero attached hydrogens (tertiary/aromatic N) is 5. The highest BCUT2D eigenvalue weighted by molar-refractivity contribution is 5.96. The number of rotatable bonds is 13. The minimum absolute atomic E-state index is 0.0552. The number of benzene rings is 2. The molecule has 11 heteroatoms. The lowest BCUT2D eigenvalue weighted by Crippen LogP contribution is -2.53. The van der Waals surface area contributed by atoms with Gasteiger partial charge in [-0.05, 0) is 75.3 Å². The summed E-state index contributed by atoms with van der Waals surface area (Å²) in [6.07, 6.45) is 8.84. The third-order valence-electron chi connectivity index (χ3n) is 9.49. The van der Waals surface area contributed by atoms with Crippen molar-refractivity contribution in [2.45, 2.75) is 39.5 Å². The van der Waals surface area contributed by atoms with E-state index in [-0.39, 0.29) is 17.2 Å².